The minimum Gasteiger partial charge on any atom is -0.505 e. The van der Waals surface area contributed by atoms with Crippen molar-refractivity contribution in [1.29, 1.82) is 0 Å². The number of benzene rings is 1. The average molecular weight is 554 g/mol. The van der Waals surface area contributed by atoms with Gasteiger partial charge in [0.1, 0.15) is 5.82 Å². The van der Waals surface area contributed by atoms with Crippen LogP contribution in [0.3, 0.4) is 0 Å². The second-order valence-electron chi connectivity index (χ2n) is 12.8. The number of nitrogens with zero attached hydrogens (tertiary/aromatic N) is 4. The second kappa shape index (κ2) is 10.4. The van der Waals surface area contributed by atoms with E-state index in [1.165, 1.54) is 6.07 Å². The van der Waals surface area contributed by atoms with Crippen LogP contribution in [0.5, 0.6) is 5.75 Å². The van der Waals surface area contributed by atoms with Crippen LogP contribution in [0.1, 0.15) is 80.3 Å². The molecule has 0 spiro atoms. The van der Waals surface area contributed by atoms with Gasteiger partial charge < -0.3 is 19.9 Å². The summed E-state index contributed by atoms with van der Waals surface area (Å²) in [6.45, 7) is 9.44. The first-order chi connectivity index (χ1) is 19.1. The minimum absolute atomic E-state index is 0.0529. The molecule has 3 fully saturated rings. The smallest absolute Gasteiger partial charge is 0.240 e. The van der Waals surface area contributed by atoms with E-state index in [4.69, 9.17) is 4.98 Å². The maximum atomic E-state index is 14.3. The molecule has 1 amide bonds. The number of H-pyrrole nitrogens is 1. The predicted octanol–water partition coefficient (Wildman–Crippen LogP) is 2.83. The topological polar surface area (TPSA) is 99.8 Å². The van der Waals surface area contributed by atoms with Gasteiger partial charge in [0, 0.05) is 32.1 Å². The number of nitrogens with one attached hydrogen (secondary N) is 3. The summed E-state index contributed by atoms with van der Waals surface area (Å²) in [6, 6.07) is 3.29. The summed E-state index contributed by atoms with van der Waals surface area (Å²) in [5.41, 5.74) is 11.3. The lowest BCUT2D eigenvalue weighted by molar-refractivity contribution is -0.150. The van der Waals surface area contributed by atoms with Crippen molar-refractivity contribution >= 4 is 5.91 Å². The summed E-state index contributed by atoms with van der Waals surface area (Å²) < 4.78 is 14.3. The first kappa shape index (κ1) is 27.6. The fraction of sp³-hybridized carbons (Fsp3) is 0.667. The molecule has 6 rings (SSSR count). The molecule has 0 radical (unpaired) electrons. The number of hydrazine groups is 1. The number of fused-ring (bicyclic) bond motifs is 2. The zero-order chi connectivity index (χ0) is 28.3. The quantitative estimate of drug-likeness (QED) is 0.437. The number of likely N-dealkylation sites (tertiary alicyclic amines) is 1. The molecular formula is C30H44FN7O2. The molecule has 0 bridgehead atoms. The van der Waals surface area contributed by atoms with E-state index in [0.29, 0.717) is 18.9 Å². The van der Waals surface area contributed by atoms with Gasteiger partial charge in [-0.15, -0.1) is 0 Å². The summed E-state index contributed by atoms with van der Waals surface area (Å²) in [6.07, 6.45) is 4.29. The lowest BCUT2D eigenvalue weighted by atomic mass is 9.73. The molecule has 40 heavy (non-hydrogen) atoms. The van der Waals surface area contributed by atoms with Gasteiger partial charge in [-0.1, -0.05) is 13.8 Å². The number of aromatic amines is 1. The Labute approximate surface area is 236 Å². The van der Waals surface area contributed by atoms with Crippen molar-refractivity contribution in [2.75, 3.05) is 33.7 Å². The van der Waals surface area contributed by atoms with Gasteiger partial charge in [-0.3, -0.25) is 15.1 Å². The van der Waals surface area contributed by atoms with Crippen LogP contribution in [-0.2, 0) is 24.2 Å². The van der Waals surface area contributed by atoms with E-state index in [9.17, 15) is 14.3 Å². The van der Waals surface area contributed by atoms with Crippen LogP contribution in [0, 0.1) is 11.7 Å². The van der Waals surface area contributed by atoms with Crippen molar-refractivity contribution in [2.24, 2.45) is 5.92 Å². The average Bonchev–Trinajstić information content (AvgIpc) is 3.54. The van der Waals surface area contributed by atoms with Crippen molar-refractivity contribution < 1.29 is 14.3 Å². The number of phenols is 1. The van der Waals surface area contributed by atoms with E-state index < -0.39 is 5.82 Å². The molecule has 4 N–H and O–H groups in total. The number of hydrogen-bond donors (Lipinski definition) is 4. The van der Waals surface area contributed by atoms with Gasteiger partial charge in [-0.2, -0.15) is 0 Å². The highest BCUT2D eigenvalue weighted by molar-refractivity contribution is 5.83. The molecule has 2 saturated heterocycles. The Morgan fingerprint density at radius 1 is 1.23 bits per heavy atom. The van der Waals surface area contributed by atoms with Crippen LogP contribution in [-0.4, -0.2) is 87.0 Å². The number of carbonyl (C=O) groups excluding carboxylic acids is 1. The van der Waals surface area contributed by atoms with Gasteiger partial charge >= 0.3 is 0 Å². The van der Waals surface area contributed by atoms with Gasteiger partial charge in [-0.25, -0.2) is 14.8 Å². The molecule has 1 aromatic carbocycles. The third kappa shape index (κ3) is 4.62. The molecule has 3 aliphatic heterocycles. The van der Waals surface area contributed by atoms with E-state index >= 15 is 0 Å². The SMILES string of the molecule is CCc1cc(O)c(F)cc1C1CCC2C(C1)NNC2c1nc2c([nH]1)CN(CC)C(C(=O)N1CC(C)(N(C)C)C1)C2. The van der Waals surface area contributed by atoms with E-state index in [0.717, 1.165) is 73.7 Å². The number of aromatic nitrogens is 2. The van der Waals surface area contributed by atoms with Gasteiger partial charge in [0.2, 0.25) is 5.91 Å². The number of halogens is 1. The minimum atomic E-state index is -0.537. The number of imidazole rings is 1. The lowest BCUT2D eigenvalue weighted by Gasteiger charge is -2.53. The first-order valence-electron chi connectivity index (χ1n) is 14.9. The largest absolute Gasteiger partial charge is 0.505 e. The number of rotatable bonds is 6. The number of phenolic OH excluding ortho intramolecular Hbond substituents is 1. The molecule has 5 atom stereocenters. The third-order valence-electron chi connectivity index (χ3n) is 10.3. The highest BCUT2D eigenvalue weighted by Gasteiger charge is 2.47. The highest BCUT2D eigenvalue weighted by atomic mass is 19.1. The maximum Gasteiger partial charge on any atom is 0.240 e. The van der Waals surface area contributed by atoms with Crippen molar-refractivity contribution in [2.45, 2.75) is 89.0 Å². The van der Waals surface area contributed by atoms with Crippen LogP contribution in [0.15, 0.2) is 12.1 Å². The zero-order valence-corrected chi connectivity index (χ0v) is 24.4. The van der Waals surface area contributed by atoms with Crippen molar-refractivity contribution in [3.05, 3.63) is 46.3 Å². The Bertz CT molecular complexity index is 1270. The molecule has 1 saturated carbocycles. The summed E-state index contributed by atoms with van der Waals surface area (Å²) in [4.78, 5) is 28.7. The highest BCUT2D eigenvalue weighted by Crippen LogP contribution is 2.45. The summed E-state index contributed by atoms with van der Waals surface area (Å²) in [7, 11) is 4.16. The molecular weight excluding hydrogens is 509 g/mol. The van der Waals surface area contributed by atoms with Crippen molar-refractivity contribution in [3.8, 4) is 5.75 Å². The van der Waals surface area contributed by atoms with E-state index in [1.54, 1.807) is 6.07 Å². The molecule has 4 heterocycles. The molecule has 2 aromatic rings. The maximum absolute atomic E-state index is 14.3. The van der Waals surface area contributed by atoms with Gasteiger partial charge in [0.25, 0.3) is 0 Å². The fourth-order valence-electron chi connectivity index (χ4n) is 7.46. The molecule has 4 aliphatic rings. The molecule has 9 nitrogen and oxygen atoms in total. The number of amides is 1. The number of carbonyl (C=O) groups is 1. The van der Waals surface area contributed by atoms with Crippen LogP contribution >= 0.6 is 0 Å². The lowest BCUT2D eigenvalue weighted by Crippen LogP contribution is -2.70. The van der Waals surface area contributed by atoms with Crippen LogP contribution in [0.4, 0.5) is 4.39 Å². The zero-order valence-electron chi connectivity index (χ0n) is 24.4. The number of likely N-dealkylation sites (N-methyl/N-ethyl adjacent to an activating group) is 2. The Hall–Kier alpha value is -2.53. The van der Waals surface area contributed by atoms with Gasteiger partial charge in [-0.05, 0) is 88.3 Å². The van der Waals surface area contributed by atoms with Crippen LogP contribution < -0.4 is 10.9 Å². The molecule has 1 aliphatic carbocycles. The van der Waals surface area contributed by atoms with Crippen molar-refractivity contribution in [1.82, 2.24) is 35.5 Å². The summed E-state index contributed by atoms with van der Waals surface area (Å²) in [5.74, 6) is 0.989. The Morgan fingerprint density at radius 3 is 2.70 bits per heavy atom. The Kier molecular flexibility index (Phi) is 7.17. The Morgan fingerprint density at radius 2 is 2.00 bits per heavy atom. The van der Waals surface area contributed by atoms with Gasteiger partial charge in [0.15, 0.2) is 11.6 Å². The first-order valence-corrected chi connectivity index (χ1v) is 14.9. The van der Waals surface area contributed by atoms with Gasteiger partial charge in [0.05, 0.1) is 29.0 Å². The van der Waals surface area contributed by atoms with Crippen molar-refractivity contribution in [3.63, 3.8) is 0 Å². The summed E-state index contributed by atoms with van der Waals surface area (Å²) >= 11 is 0. The standard InChI is InChI=1S/C30H44FN7O2/c1-6-17-11-26(39)21(31)12-20(17)18-8-9-19-22(10-18)34-35-27(19)28-32-23-13-25(37(7-2)14-24(23)33-28)29(40)38-15-30(3,16-38)36(4)5/h11-12,18-19,22,25,27,34-35,39H,6-10,13-16H2,1-5H3,(H,32,33). The van der Waals surface area contributed by atoms with E-state index in [-0.39, 0.29) is 41.2 Å². The molecule has 5 unspecified atom stereocenters. The van der Waals surface area contributed by atoms with Crippen LogP contribution in [0.25, 0.3) is 0 Å². The molecule has 218 valence electrons. The normalized spacial score (nSPS) is 29.8. The fourth-order valence-corrected chi connectivity index (χ4v) is 7.46. The third-order valence-corrected chi connectivity index (χ3v) is 10.3. The monoisotopic (exact) mass is 553 g/mol. The Balaban J connectivity index is 1.15. The number of aryl methyl sites for hydroxylation is 1. The molecule has 10 heteroatoms. The van der Waals surface area contributed by atoms with E-state index in [1.807, 2.05) is 11.8 Å². The number of aromatic hydroxyl groups is 1. The number of hydrogen-bond acceptors (Lipinski definition) is 7. The second-order valence-corrected chi connectivity index (χ2v) is 12.8. The van der Waals surface area contributed by atoms with Crippen LogP contribution in [0.2, 0.25) is 0 Å². The van der Waals surface area contributed by atoms with E-state index in [2.05, 4.69) is 53.6 Å². The molecule has 1 aromatic heterocycles. The predicted molar refractivity (Wildman–Crippen MR) is 151 cm³/mol. The summed E-state index contributed by atoms with van der Waals surface area (Å²) in [5, 5.41) is 9.86.